The molecule has 2 aromatic rings. The summed E-state index contributed by atoms with van der Waals surface area (Å²) in [6.45, 7) is 1.82. The Bertz CT molecular complexity index is 933. The van der Waals surface area contributed by atoms with E-state index >= 15 is 0 Å². The van der Waals surface area contributed by atoms with Crippen LogP contribution in [0.5, 0.6) is 0 Å². The molecule has 0 fully saturated rings. The number of nitrogens with zero attached hydrogens (tertiary/aromatic N) is 1. The molecule has 0 bridgehead atoms. The van der Waals surface area contributed by atoms with Gasteiger partial charge in [0.05, 0.1) is 29.2 Å². The predicted octanol–water partition coefficient (Wildman–Crippen LogP) is 1.72. The quantitative estimate of drug-likeness (QED) is 0.553. The molecule has 148 valence electrons. The SMILES string of the molecule is Cc1ccc(S(=O)(=O)NCCCC(CO)NC(=O)c2ccc(C#N)cc2)cc1. The zero-order valence-corrected chi connectivity index (χ0v) is 16.4. The summed E-state index contributed by atoms with van der Waals surface area (Å²) in [6.07, 6.45) is 0.860. The van der Waals surface area contributed by atoms with E-state index in [0.717, 1.165) is 5.56 Å². The number of sulfonamides is 1. The lowest BCUT2D eigenvalue weighted by Gasteiger charge is -2.16. The van der Waals surface area contributed by atoms with Crippen LogP contribution in [0, 0.1) is 18.3 Å². The Morgan fingerprint density at radius 1 is 1.14 bits per heavy atom. The molecule has 8 heteroatoms. The molecule has 7 nitrogen and oxygen atoms in total. The molecule has 0 aromatic heterocycles. The van der Waals surface area contributed by atoms with Gasteiger partial charge in [0, 0.05) is 12.1 Å². The Balaban J connectivity index is 1.82. The Morgan fingerprint density at radius 2 is 1.79 bits per heavy atom. The lowest BCUT2D eigenvalue weighted by atomic mass is 10.1. The fraction of sp³-hybridized carbons (Fsp3) is 0.300. The van der Waals surface area contributed by atoms with Crippen molar-refractivity contribution in [3.63, 3.8) is 0 Å². The number of hydrogen-bond acceptors (Lipinski definition) is 5. The number of aliphatic hydroxyl groups excluding tert-OH is 1. The molecule has 0 aliphatic carbocycles. The zero-order chi connectivity index (χ0) is 20.6. The fourth-order valence-corrected chi connectivity index (χ4v) is 3.60. The number of aryl methyl sites for hydroxylation is 1. The van der Waals surface area contributed by atoms with Gasteiger partial charge in [0.1, 0.15) is 0 Å². The third-order valence-corrected chi connectivity index (χ3v) is 5.66. The average molecular weight is 401 g/mol. The number of hydrogen-bond donors (Lipinski definition) is 3. The van der Waals surface area contributed by atoms with Gasteiger partial charge in [-0.15, -0.1) is 0 Å². The van der Waals surface area contributed by atoms with Gasteiger partial charge in [-0.05, 0) is 56.2 Å². The van der Waals surface area contributed by atoms with Crippen LogP contribution in [0.1, 0.15) is 34.3 Å². The molecule has 0 heterocycles. The molecule has 2 aromatic carbocycles. The van der Waals surface area contributed by atoms with Crippen molar-refractivity contribution < 1.29 is 18.3 Å². The van der Waals surface area contributed by atoms with Crippen molar-refractivity contribution in [1.82, 2.24) is 10.0 Å². The summed E-state index contributed by atoms with van der Waals surface area (Å²) in [6, 6.07) is 14.2. The molecule has 1 amide bonds. The van der Waals surface area contributed by atoms with Crippen LogP contribution in [0.25, 0.3) is 0 Å². The lowest BCUT2D eigenvalue weighted by Crippen LogP contribution is -2.38. The van der Waals surface area contributed by atoms with Crippen LogP contribution in [0.3, 0.4) is 0 Å². The van der Waals surface area contributed by atoms with Gasteiger partial charge >= 0.3 is 0 Å². The van der Waals surface area contributed by atoms with Crippen molar-refractivity contribution in [2.75, 3.05) is 13.2 Å². The highest BCUT2D eigenvalue weighted by molar-refractivity contribution is 7.89. The van der Waals surface area contributed by atoms with Gasteiger partial charge in [0.2, 0.25) is 10.0 Å². The van der Waals surface area contributed by atoms with Gasteiger partial charge < -0.3 is 10.4 Å². The van der Waals surface area contributed by atoms with Crippen molar-refractivity contribution in [3.05, 3.63) is 65.2 Å². The molecule has 0 spiro atoms. The van der Waals surface area contributed by atoms with Crippen molar-refractivity contribution in [3.8, 4) is 6.07 Å². The van der Waals surface area contributed by atoms with E-state index in [1.54, 1.807) is 36.4 Å². The lowest BCUT2D eigenvalue weighted by molar-refractivity contribution is 0.0912. The maximum atomic E-state index is 12.2. The summed E-state index contributed by atoms with van der Waals surface area (Å²) in [4.78, 5) is 12.4. The molecule has 28 heavy (non-hydrogen) atoms. The van der Waals surface area contributed by atoms with Crippen molar-refractivity contribution in [2.45, 2.75) is 30.7 Å². The Kier molecular flexibility index (Phi) is 7.70. The van der Waals surface area contributed by atoms with Crippen LogP contribution < -0.4 is 10.0 Å². The summed E-state index contributed by atoms with van der Waals surface area (Å²) >= 11 is 0. The van der Waals surface area contributed by atoms with E-state index in [2.05, 4.69) is 10.0 Å². The largest absolute Gasteiger partial charge is 0.394 e. The monoisotopic (exact) mass is 401 g/mol. The molecule has 0 aliphatic rings. The first-order valence-corrected chi connectivity index (χ1v) is 10.3. The topological polar surface area (TPSA) is 119 Å². The van der Waals surface area contributed by atoms with Crippen molar-refractivity contribution in [1.29, 1.82) is 5.26 Å². The van der Waals surface area contributed by atoms with E-state index < -0.39 is 16.1 Å². The molecule has 0 radical (unpaired) electrons. The number of carbonyl (C=O) groups excluding carboxylic acids is 1. The van der Waals surface area contributed by atoms with Crippen LogP contribution in [0.2, 0.25) is 0 Å². The van der Waals surface area contributed by atoms with Gasteiger partial charge in [-0.3, -0.25) is 4.79 Å². The molecular weight excluding hydrogens is 378 g/mol. The standard InChI is InChI=1S/C20H23N3O4S/c1-15-4-10-19(11-5-15)28(26,27)22-12-2-3-18(14-24)23-20(25)17-8-6-16(13-21)7-9-17/h4-11,18,22,24H,2-3,12,14H2,1H3,(H,23,25). The van der Waals surface area contributed by atoms with Gasteiger partial charge in [-0.2, -0.15) is 5.26 Å². The van der Waals surface area contributed by atoms with Crippen LogP contribution in [0.15, 0.2) is 53.4 Å². The van der Waals surface area contributed by atoms with Crippen LogP contribution in [0.4, 0.5) is 0 Å². The zero-order valence-electron chi connectivity index (χ0n) is 15.6. The number of nitrogens with one attached hydrogen (secondary N) is 2. The summed E-state index contributed by atoms with van der Waals surface area (Å²) < 4.78 is 27.0. The first-order chi connectivity index (χ1) is 13.4. The second kappa shape index (κ2) is 9.99. The van der Waals surface area contributed by atoms with Gasteiger partial charge in [-0.1, -0.05) is 17.7 Å². The van der Waals surface area contributed by atoms with Crippen molar-refractivity contribution >= 4 is 15.9 Å². The first kappa shape index (κ1) is 21.6. The third kappa shape index (κ3) is 6.16. The maximum absolute atomic E-state index is 12.2. The minimum absolute atomic E-state index is 0.194. The van der Waals surface area contributed by atoms with Gasteiger partial charge in [-0.25, -0.2) is 13.1 Å². The van der Waals surface area contributed by atoms with Gasteiger partial charge in [0.15, 0.2) is 0 Å². The van der Waals surface area contributed by atoms with E-state index in [4.69, 9.17) is 5.26 Å². The predicted molar refractivity (Wildman–Crippen MR) is 105 cm³/mol. The van der Waals surface area contributed by atoms with E-state index in [-0.39, 0.29) is 24.0 Å². The van der Waals surface area contributed by atoms with Crippen LogP contribution >= 0.6 is 0 Å². The second-order valence-electron chi connectivity index (χ2n) is 6.40. The summed E-state index contributed by atoms with van der Waals surface area (Å²) in [5.41, 5.74) is 1.82. The Labute approximate surface area is 165 Å². The highest BCUT2D eigenvalue weighted by atomic mass is 32.2. The normalized spacial score (nSPS) is 12.2. The van der Waals surface area contributed by atoms with E-state index in [0.29, 0.717) is 24.0 Å². The molecule has 0 saturated carbocycles. The highest BCUT2D eigenvalue weighted by Crippen LogP contribution is 2.10. The van der Waals surface area contributed by atoms with Gasteiger partial charge in [0.25, 0.3) is 5.91 Å². The molecule has 2 rings (SSSR count). The number of aliphatic hydroxyl groups is 1. The molecular formula is C20H23N3O4S. The molecule has 1 unspecified atom stereocenters. The Morgan fingerprint density at radius 3 is 2.36 bits per heavy atom. The van der Waals surface area contributed by atoms with E-state index in [1.807, 2.05) is 13.0 Å². The minimum atomic E-state index is -3.58. The maximum Gasteiger partial charge on any atom is 0.251 e. The summed E-state index contributed by atoms with van der Waals surface area (Å²) in [5, 5.41) is 21.0. The van der Waals surface area contributed by atoms with E-state index in [9.17, 15) is 18.3 Å². The number of rotatable bonds is 9. The smallest absolute Gasteiger partial charge is 0.251 e. The minimum Gasteiger partial charge on any atom is -0.394 e. The summed E-state index contributed by atoms with van der Waals surface area (Å²) in [5.74, 6) is -0.358. The van der Waals surface area contributed by atoms with Crippen LogP contribution in [-0.2, 0) is 10.0 Å². The average Bonchev–Trinajstić information content (AvgIpc) is 2.70. The number of carbonyl (C=O) groups is 1. The second-order valence-corrected chi connectivity index (χ2v) is 8.16. The first-order valence-electron chi connectivity index (χ1n) is 8.84. The fourth-order valence-electron chi connectivity index (χ4n) is 2.53. The van der Waals surface area contributed by atoms with Crippen molar-refractivity contribution in [2.24, 2.45) is 0 Å². The highest BCUT2D eigenvalue weighted by Gasteiger charge is 2.15. The number of nitriles is 1. The van der Waals surface area contributed by atoms with Crippen LogP contribution in [-0.4, -0.2) is 38.6 Å². The third-order valence-electron chi connectivity index (χ3n) is 4.18. The number of benzene rings is 2. The molecule has 0 aliphatic heterocycles. The number of amides is 1. The summed E-state index contributed by atoms with van der Waals surface area (Å²) in [7, 11) is -3.58. The molecule has 3 N–H and O–H groups in total. The molecule has 1 atom stereocenters. The Hall–Kier alpha value is -2.73. The molecule has 0 saturated heterocycles. The van der Waals surface area contributed by atoms with E-state index in [1.165, 1.54) is 12.1 Å².